The summed E-state index contributed by atoms with van der Waals surface area (Å²) in [5.41, 5.74) is 2.87. The largest absolute Gasteiger partial charge is 0.472 e. The molecule has 16 heavy (non-hydrogen) atoms. The second kappa shape index (κ2) is 4.94. The van der Waals surface area contributed by atoms with Gasteiger partial charge in [0, 0.05) is 12.1 Å². The number of furan rings is 1. The molecule has 0 spiro atoms. The van der Waals surface area contributed by atoms with Crippen LogP contribution >= 0.6 is 0 Å². The minimum absolute atomic E-state index is 0.226. The van der Waals surface area contributed by atoms with E-state index in [2.05, 4.69) is 5.32 Å². The van der Waals surface area contributed by atoms with Gasteiger partial charge in [0.15, 0.2) is 0 Å². The summed E-state index contributed by atoms with van der Waals surface area (Å²) in [4.78, 5) is 0. The molecule has 0 saturated heterocycles. The van der Waals surface area contributed by atoms with Crippen LogP contribution in [0.15, 0.2) is 41.2 Å². The fourth-order valence-electron chi connectivity index (χ4n) is 1.65. The summed E-state index contributed by atoms with van der Waals surface area (Å²) in [7, 11) is 0. The normalized spacial score (nSPS) is 10.6. The Morgan fingerprint density at radius 3 is 2.88 bits per heavy atom. The van der Waals surface area contributed by atoms with E-state index in [9.17, 15) is 4.39 Å². The molecule has 0 aliphatic heterocycles. The van der Waals surface area contributed by atoms with Crippen molar-refractivity contribution in [3.8, 4) is 11.1 Å². The summed E-state index contributed by atoms with van der Waals surface area (Å²) >= 11 is 0. The maximum absolute atomic E-state index is 13.2. The van der Waals surface area contributed by atoms with E-state index in [-0.39, 0.29) is 5.82 Å². The molecule has 0 atom stereocenters. The van der Waals surface area contributed by atoms with Crippen molar-refractivity contribution in [3.05, 3.63) is 48.2 Å². The Morgan fingerprint density at radius 1 is 1.31 bits per heavy atom. The van der Waals surface area contributed by atoms with Crippen molar-refractivity contribution < 1.29 is 8.81 Å². The van der Waals surface area contributed by atoms with Gasteiger partial charge in [-0.1, -0.05) is 13.0 Å². The maximum Gasteiger partial charge on any atom is 0.123 e. The minimum Gasteiger partial charge on any atom is -0.472 e. The lowest BCUT2D eigenvalue weighted by atomic mass is 10.0. The van der Waals surface area contributed by atoms with Crippen LogP contribution in [0.2, 0.25) is 0 Å². The zero-order valence-corrected chi connectivity index (χ0v) is 9.16. The summed E-state index contributed by atoms with van der Waals surface area (Å²) in [6.45, 7) is 3.67. The highest BCUT2D eigenvalue weighted by Crippen LogP contribution is 2.25. The summed E-state index contributed by atoms with van der Waals surface area (Å²) in [5.74, 6) is -0.226. The van der Waals surface area contributed by atoms with E-state index in [1.165, 1.54) is 12.1 Å². The van der Waals surface area contributed by atoms with Crippen molar-refractivity contribution in [1.29, 1.82) is 0 Å². The number of benzene rings is 1. The van der Waals surface area contributed by atoms with Gasteiger partial charge in [0.1, 0.15) is 5.82 Å². The molecule has 1 N–H and O–H groups in total. The van der Waals surface area contributed by atoms with Crippen LogP contribution in [-0.2, 0) is 6.54 Å². The Hall–Kier alpha value is -1.61. The smallest absolute Gasteiger partial charge is 0.123 e. The molecule has 2 rings (SSSR count). The topological polar surface area (TPSA) is 25.2 Å². The van der Waals surface area contributed by atoms with Crippen molar-refractivity contribution in [2.24, 2.45) is 0 Å². The lowest BCUT2D eigenvalue weighted by Crippen LogP contribution is -2.12. The Morgan fingerprint density at radius 2 is 2.19 bits per heavy atom. The fraction of sp³-hybridized carbons (Fsp3) is 0.231. The lowest BCUT2D eigenvalue weighted by Gasteiger charge is -2.08. The van der Waals surface area contributed by atoms with Crippen molar-refractivity contribution in [1.82, 2.24) is 5.32 Å². The van der Waals surface area contributed by atoms with Crippen molar-refractivity contribution >= 4 is 0 Å². The third kappa shape index (κ3) is 2.31. The molecule has 1 aromatic carbocycles. The Kier molecular flexibility index (Phi) is 3.37. The summed E-state index contributed by atoms with van der Waals surface area (Å²) in [6.07, 6.45) is 3.22. The highest BCUT2D eigenvalue weighted by atomic mass is 19.1. The van der Waals surface area contributed by atoms with Crippen molar-refractivity contribution in [2.75, 3.05) is 6.54 Å². The summed E-state index contributed by atoms with van der Waals surface area (Å²) in [5, 5.41) is 3.23. The van der Waals surface area contributed by atoms with E-state index >= 15 is 0 Å². The first-order valence-electron chi connectivity index (χ1n) is 5.33. The van der Waals surface area contributed by atoms with Crippen LogP contribution in [0.4, 0.5) is 4.39 Å². The molecule has 1 aromatic heterocycles. The van der Waals surface area contributed by atoms with Crippen LogP contribution in [0.25, 0.3) is 11.1 Å². The molecular formula is C13H14FNO. The quantitative estimate of drug-likeness (QED) is 0.854. The Bertz CT molecular complexity index is 451. The standard InChI is InChI=1S/C13H14FNO/c1-2-15-8-10-3-4-12(14)7-13(10)11-5-6-16-9-11/h3-7,9,15H,2,8H2,1H3. The van der Waals surface area contributed by atoms with Crippen molar-refractivity contribution in [3.63, 3.8) is 0 Å². The van der Waals surface area contributed by atoms with Gasteiger partial charge in [-0.05, 0) is 35.9 Å². The van der Waals surface area contributed by atoms with E-state index in [0.717, 1.165) is 29.8 Å². The van der Waals surface area contributed by atoms with Crippen LogP contribution in [0.3, 0.4) is 0 Å². The fourth-order valence-corrected chi connectivity index (χ4v) is 1.65. The average molecular weight is 219 g/mol. The predicted molar refractivity (Wildman–Crippen MR) is 61.5 cm³/mol. The molecule has 0 aliphatic rings. The number of halogens is 1. The predicted octanol–water partition coefficient (Wildman–Crippen LogP) is 3.20. The molecule has 0 fully saturated rings. The number of hydrogen-bond acceptors (Lipinski definition) is 2. The summed E-state index contributed by atoms with van der Waals surface area (Å²) in [6, 6.07) is 6.67. The highest BCUT2D eigenvalue weighted by molar-refractivity contribution is 5.66. The molecule has 2 nitrogen and oxygen atoms in total. The first kappa shape index (κ1) is 10.9. The van der Waals surface area contributed by atoms with E-state index in [1.54, 1.807) is 18.6 Å². The number of rotatable bonds is 4. The second-order valence-corrected chi connectivity index (χ2v) is 3.59. The first-order valence-corrected chi connectivity index (χ1v) is 5.33. The SMILES string of the molecule is CCNCc1ccc(F)cc1-c1ccoc1. The molecule has 1 heterocycles. The van der Waals surface area contributed by atoms with Crippen LogP contribution in [0, 0.1) is 5.82 Å². The van der Waals surface area contributed by atoms with E-state index in [1.807, 2.05) is 13.0 Å². The zero-order chi connectivity index (χ0) is 11.4. The first-order chi connectivity index (χ1) is 7.81. The van der Waals surface area contributed by atoms with Gasteiger partial charge in [-0.25, -0.2) is 4.39 Å². The Labute approximate surface area is 94.1 Å². The molecule has 0 saturated carbocycles. The van der Waals surface area contributed by atoms with Gasteiger partial charge >= 0.3 is 0 Å². The van der Waals surface area contributed by atoms with Crippen LogP contribution in [0.1, 0.15) is 12.5 Å². The average Bonchev–Trinajstić information content (AvgIpc) is 2.80. The van der Waals surface area contributed by atoms with Gasteiger partial charge in [-0.2, -0.15) is 0 Å². The zero-order valence-electron chi connectivity index (χ0n) is 9.16. The number of nitrogens with one attached hydrogen (secondary N) is 1. The second-order valence-electron chi connectivity index (χ2n) is 3.59. The van der Waals surface area contributed by atoms with Crippen molar-refractivity contribution in [2.45, 2.75) is 13.5 Å². The molecule has 0 amide bonds. The van der Waals surface area contributed by atoms with E-state index < -0.39 is 0 Å². The van der Waals surface area contributed by atoms with Gasteiger partial charge in [0.05, 0.1) is 12.5 Å². The monoisotopic (exact) mass is 219 g/mol. The van der Waals surface area contributed by atoms with Gasteiger partial charge in [-0.3, -0.25) is 0 Å². The van der Waals surface area contributed by atoms with Gasteiger partial charge in [-0.15, -0.1) is 0 Å². The minimum atomic E-state index is -0.226. The molecular weight excluding hydrogens is 205 g/mol. The molecule has 2 aromatic rings. The maximum atomic E-state index is 13.2. The van der Waals surface area contributed by atoms with E-state index in [0.29, 0.717) is 0 Å². The van der Waals surface area contributed by atoms with Crippen LogP contribution < -0.4 is 5.32 Å². The molecule has 0 radical (unpaired) electrons. The highest BCUT2D eigenvalue weighted by Gasteiger charge is 2.07. The van der Waals surface area contributed by atoms with Gasteiger partial charge in [0.2, 0.25) is 0 Å². The van der Waals surface area contributed by atoms with Gasteiger partial charge < -0.3 is 9.73 Å². The summed E-state index contributed by atoms with van der Waals surface area (Å²) < 4.78 is 18.2. The third-order valence-corrected chi connectivity index (χ3v) is 2.47. The molecule has 84 valence electrons. The van der Waals surface area contributed by atoms with E-state index in [4.69, 9.17) is 4.42 Å². The molecule has 0 unspecified atom stereocenters. The van der Waals surface area contributed by atoms with Gasteiger partial charge in [0.25, 0.3) is 0 Å². The molecule has 0 aliphatic carbocycles. The lowest BCUT2D eigenvalue weighted by molar-refractivity contribution is 0.568. The third-order valence-electron chi connectivity index (χ3n) is 2.47. The Balaban J connectivity index is 2.37. The number of hydrogen-bond donors (Lipinski definition) is 1. The van der Waals surface area contributed by atoms with Crippen LogP contribution in [-0.4, -0.2) is 6.54 Å². The molecule has 3 heteroatoms. The van der Waals surface area contributed by atoms with Crippen LogP contribution in [0.5, 0.6) is 0 Å². The molecule has 0 bridgehead atoms.